The van der Waals surface area contributed by atoms with Crippen molar-refractivity contribution in [3.8, 4) is 5.75 Å². The van der Waals surface area contributed by atoms with E-state index in [1.54, 1.807) is 60.9 Å². The summed E-state index contributed by atoms with van der Waals surface area (Å²) in [4.78, 5) is 16.6. The molecule has 1 heterocycles. The molecule has 1 aromatic heterocycles. The van der Waals surface area contributed by atoms with E-state index in [4.69, 9.17) is 4.74 Å². The van der Waals surface area contributed by atoms with Crippen LogP contribution < -0.4 is 14.5 Å². The third-order valence-electron chi connectivity index (χ3n) is 4.42. The molecule has 0 saturated carbocycles. The molecule has 3 rings (SSSR count). The Morgan fingerprint density at radius 1 is 1.12 bits per heavy atom. The summed E-state index contributed by atoms with van der Waals surface area (Å²) in [5, 5.41) is 3.89. The van der Waals surface area contributed by atoms with Crippen molar-refractivity contribution in [3.63, 3.8) is 0 Å². The van der Waals surface area contributed by atoms with Crippen LogP contribution in [0.4, 0.5) is 5.69 Å². The van der Waals surface area contributed by atoms with Crippen LogP contribution in [-0.2, 0) is 14.8 Å². The normalized spacial score (nSPS) is 11.3. The molecule has 9 heteroatoms. The highest BCUT2D eigenvalue weighted by Gasteiger charge is 2.27. The van der Waals surface area contributed by atoms with Crippen LogP contribution in [-0.4, -0.2) is 38.7 Å². The fraction of sp³-hybridized carbons (Fsp3) is 0.174. The summed E-state index contributed by atoms with van der Waals surface area (Å²) < 4.78 is 33.2. The number of benzene rings is 2. The van der Waals surface area contributed by atoms with E-state index in [-0.39, 0.29) is 4.90 Å². The monoisotopic (exact) mass is 452 g/mol. The largest absolute Gasteiger partial charge is 0.494 e. The Labute approximate surface area is 187 Å². The number of aryl methyl sites for hydroxylation is 1. The summed E-state index contributed by atoms with van der Waals surface area (Å²) in [6.45, 7) is 3.77. The molecule has 0 radical (unpaired) electrons. The summed E-state index contributed by atoms with van der Waals surface area (Å²) >= 11 is 0. The topological polar surface area (TPSA) is 101 Å². The first-order valence-corrected chi connectivity index (χ1v) is 11.4. The molecule has 0 unspecified atom stereocenters. The van der Waals surface area contributed by atoms with Crippen LogP contribution in [0, 0.1) is 6.92 Å². The Morgan fingerprint density at radius 2 is 1.84 bits per heavy atom. The number of rotatable bonds is 9. The minimum absolute atomic E-state index is 0.0867. The van der Waals surface area contributed by atoms with Gasteiger partial charge in [0.15, 0.2) is 0 Å². The van der Waals surface area contributed by atoms with Gasteiger partial charge >= 0.3 is 0 Å². The van der Waals surface area contributed by atoms with Crippen molar-refractivity contribution in [2.75, 3.05) is 17.5 Å². The summed E-state index contributed by atoms with van der Waals surface area (Å²) in [5.41, 5.74) is 4.33. The number of carbonyl (C=O) groups excluding carboxylic acids is 1. The molecule has 0 aliphatic carbocycles. The number of hydrazone groups is 1. The number of carbonyl (C=O) groups is 1. The van der Waals surface area contributed by atoms with Gasteiger partial charge in [-0.15, -0.1) is 0 Å². The Balaban J connectivity index is 1.85. The number of hydrogen-bond acceptors (Lipinski definition) is 6. The lowest BCUT2D eigenvalue weighted by Crippen LogP contribution is -2.39. The maximum absolute atomic E-state index is 13.4. The number of hydrogen-bond donors (Lipinski definition) is 1. The smallest absolute Gasteiger partial charge is 0.264 e. The number of anilines is 1. The molecular formula is C23H24N4O4S. The van der Waals surface area contributed by atoms with E-state index in [9.17, 15) is 13.2 Å². The number of aromatic nitrogens is 1. The van der Waals surface area contributed by atoms with Crippen LogP contribution in [0.5, 0.6) is 5.75 Å². The maximum atomic E-state index is 13.4. The number of sulfonamides is 1. The van der Waals surface area contributed by atoms with Gasteiger partial charge < -0.3 is 4.74 Å². The average molecular weight is 453 g/mol. The number of nitrogens with zero attached hydrogens (tertiary/aromatic N) is 3. The zero-order valence-electron chi connectivity index (χ0n) is 17.8. The van der Waals surface area contributed by atoms with Crippen LogP contribution in [0.2, 0.25) is 0 Å². The van der Waals surface area contributed by atoms with E-state index in [0.29, 0.717) is 23.6 Å². The quantitative estimate of drug-likeness (QED) is 0.397. The molecular weight excluding hydrogens is 428 g/mol. The zero-order chi connectivity index (χ0) is 23.0. The van der Waals surface area contributed by atoms with E-state index >= 15 is 0 Å². The van der Waals surface area contributed by atoms with Crippen molar-refractivity contribution in [3.05, 3.63) is 84.2 Å². The van der Waals surface area contributed by atoms with Gasteiger partial charge in [-0.1, -0.05) is 23.8 Å². The summed E-state index contributed by atoms with van der Waals surface area (Å²) in [6.07, 6.45) is 4.64. The van der Waals surface area contributed by atoms with Gasteiger partial charge in [-0.05, 0) is 56.3 Å². The highest BCUT2D eigenvalue weighted by Crippen LogP contribution is 2.26. The minimum atomic E-state index is -4.00. The van der Waals surface area contributed by atoms with Gasteiger partial charge in [-0.3, -0.25) is 14.1 Å². The first-order valence-electron chi connectivity index (χ1n) is 9.94. The van der Waals surface area contributed by atoms with Gasteiger partial charge in [-0.2, -0.15) is 5.10 Å². The molecule has 0 atom stereocenters. The molecule has 0 saturated heterocycles. The Bertz CT molecular complexity index is 1160. The summed E-state index contributed by atoms with van der Waals surface area (Å²) in [6, 6.07) is 16.5. The van der Waals surface area contributed by atoms with Crippen molar-refractivity contribution in [2.45, 2.75) is 18.7 Å². The Morgan fingerprint density at radius 3 is 2.47 bits per heavy atom. The third kappa shape index (κ3) is 5.92. The highest BCUT2D eigenvalue weighted by molar-refractivity contribution is 7.92. The fourth-order valence-electron chi connectivity index (χ4n) is 2.82. The van der Waals surface area contributed by atoms with Crippen molar-refractivity contribution >= 4 is 27.8 Å². The third-order valence-corrected chi connectivity index (χ3v) is 6.21. The van der Waals surface area contributed by atoms with Gasteiger partial charge in [0, 0.05) is 18.0 Å². The molecule has 166 valence electrons. The molecule has 0 aliphatic rings. The second kappa shape index (κ2) is 10.5. The van der Waals surface area contributed by atoms with E-state index in [2.05, 4.69) is 15.5 Å². The SMILES string of the molecule is CCOc1ccc(N(CC(=O)N/N=C/c2cccnc2)S(=O)(=O)c2ccc(C)cc2)cc1. The molecule has 32 heavy (non-hydrogen) atoms. The molecule has 8 nitrogen and oxygen atoms in total. The molecule has 1 amide bonds. The lowest BCUT2D eigenvalue weighted by atomic mass is 10.2. The van der Waals surface area contributed by atoms with Crippen molar-refractivity contribution < 1.29 is 17.9 Å². The van der Waals surface area contributed by atoms with Crippen molar-refractivity contribution in [2.24, 2.45) is 5.10 Å². The van der Waals surface area contributed by atoms with Crippen LogP contribution in [0.15, 0.2) is 83.1 Å². The molecule has 0 aliphatic heterocycles. The Hall–Kier alpha value is -3.72. The number of nitrogens with one attached hydrogen (secondary N) is 1. The molecule has 1 N–H and O–H groups in total. The highest BCUT2D eigenvalue weighted by atomic mass is 32.2. The molecule has 0 bridgehead atoms. The number of pyridine rings is 1. The molecule has 3 aromatic rings. The Kier molecular flexibility index (Phi) is 7.56. The first-order chi connectivity index (χ1) is 15.4. The number of amides is 1. The average Bonchev–Trinajstić information content (AvgIpc) is 2.79. The molecule has 2 aromatic carbocycles. The maximum Gasteiger partial charge on any atom is 0.264 e. The van der Waals surface area contributed by atoms with E-state index in [1.807, 2.05) is 13.8 Å². The standard InChI is InChI=1S/C23H24N4O4S/c1-3-31-21-10-8-20(9-11-21)27(32(29,30)22-12-6-18(2)7-13-22)17-23(28)26-25-16-19-5-4-14-24-15-19/h4-16H,3,17H2,1-2H3,(H,26,28)/b25-16+. The molecule has 0 spiro atoms. The second-order valence-electron chi connectivity index (χ2n) is 6.83. The van der Waals surface area contributed by atoms with Gasteiger partial charge in [0.25, 0.3) is 15.9 Å². The van der Waals surface area contributed by atoms with Gasteiger partial charge in [0.2, 0.25) is 0 Å². The fourth-order valence-corrected chi connectivity index (χ4v) is 4.25. The van der Waals surface area contributed by atoms with E-state index < -0.39 is 22.5 Å². The summed E-state index contributed by atoms with van der Waals surface area (Å²) in [7, 11) is -4.00. The lowest BCUT2D eigenvalue weighted by molar-refractivity contribution is -0.119. The van der Waals surface area contributed by atoms with Crippen LogP contribution in [0.25, 0.3) is 0 Å². The number of ether oxygens (including phenoxy) is 1. The van der Waals surface area contributed by atoms with Gasteiger partial charge in [-0.25, -0.2) is 13.8 Å². The predicted octanol–water partition coefficient (Wildman–Crippen LogP) is 3.13. The van der Waals surface area contributed by atoms with Crippen LogP contribution in [0.1, 0.15) is 18.1 Å². The zero-order valence-corrected chi connectivity index (χ0v) is 18.6. The lowest BCUT2D eigenvalue weighted by Gasteiger charge is -2.24. The van der Waals surface area contributed by atoms with E-state index in [0.717, 1.165) is 9.87 Å². The predicted molar refractivity (Wildman–Crippen MR) is 123 cm³/mol. The van der Waals surface area contributed by atoms with Crippen molar-refractivity contribution in [1.82, 2.24) is 10.4 Å². The molecule has 0 fully saturated rings. The van der Waals surface area contributed by atoms with Crippen LogP contribution >= 0.6 is 0 Å². The first kappa shape index (κ1) is 23.0. The second-order valence-corrected chi connectivity index (χ2v) is 8.69. The summed E-state index contributed by atoms with van der Waals surface area (Å²) in [5.74, 6) is 0.0177. The van der Waals surface area contributed by atoms with Crippen LogP contribution in [0.3, 0.4) is 0 Å². The minimum Gasteiger partial charge on any atom is -0.494 e. The van der Waals surface area contributed by atoms with E-state index in [1.165, 1.54) is 18.3 Å². The van der Waals surface area contributed by atoms with Gasteiger partial charge in [0.1, 0.15) is 12.3 Å². The van der Waals surface area contributed by atoms with Gasteiger partial charge in [0.05, 0.1) is 23.4 Å². The van der Waals surface area contributed by atoms with Crippen molar-refractivity contribution in [1.29, 1.82) is 0 Å².